The molecule has 0 aromatic rings. The molecule has 0 bridgehead atoms. The molecule has 0 amide bonds. The molecule has 0 atom stereocenters. The van der Waals surface area contributed by atoms with Gasteiger partial charge >= 0.3 is 0 Å². The lowest BCUT2D eigenvalue weighted by Crippen LogP contribution is -2.06. The normalized spacial score (nSPS) is 18.0. The Morgan fingerprint density at radius 1 is 2.00 bits per heavy atom. The standard InChI is InChI=1S/C4H5NOS/c6-1-4-2-7-3-5-4/h1-2,5H,3H2. The number of carbonyl (C=O) groups excluding carboxylic acids is 1. The third-order valence-corrected chi connectivity index (χ3v) is 1.43. The fourth-order valence-electron chi connectivity index (χ4n) is 0.368. The van der Waals surface area contributed by atoms with Crippen LogP contribution >= 0.6 is 11.8 Å². The summed E-state index contributed by atoms with van der Waals surface area (Å²) in [6.45, 7) is 0. The van der Waals surface area contributed by atoms with Crippen LogP contribution in [0.3, 0.4) is 0 Å². The van der Waals surface area contributed by atoms with Gasteiger partial charge in [0.1, 0.15) is 0 Å². The molecule has 1 aliphatic heterocycles. The predicted molar refractivity (Wildman–Crippen MR) is 29.7 cm³/mol. The van der Waals surface area contributed by atoms with Crippen molar-refractivity contribution in [3.8, 4) is 0 Å². The first-order valence-electron chi connectivity index (χ1n) is 1.94. The van der Waals surface area contributed by atoms with Gasteiger partial charge in [0, 0.05) is 0 Å². The molecular formula is C4H5NOS. The van der Waals surface area contributed by atoms with Gasteiger partial charge in [-0.05, 0) is 5.41 Å². The molecule has 0 saturated heterocycles. The van der Waals surface area contributed by atoms with Crippen LogP contribution in [0, 0.1) is 0 Å². The Morgan fingerprint density at radius 3 is 3.14 bits per heavy atom. The molecule has 1 heterocycles. The largest absolute Gasteiger partial charge is 0.373 e. The zero-order valence-electron chi connectivity index (χ0n) is 3.68. The molecule has 0 aromatic heterocycles. The van der Waals surface area contributed by atoms with Gasteiger partial charge < -0.3 is 5.32 Å². The van der Waals surface area contributed by atoms with Crippen LogP contribution in [-0.2, 0) is 4.79 Å². The monoisotopic (exact) mass is 115 g/mol. The second kappa shape index (κ2) is 2.02. The molecule has 38 valence electrons. The van der Waals surface area contributed by atoms with Crippen LogP contribution in [0.4, 0.5) is 0 Å². The highest BCUT2D eigenvalue weighted by molar-refractivity contribution is 8.02. The van der Waals surface area contributed by atoms with Crippen molar-refractivity contribution in [3.63, 3.8) is 0 Å². The molecule has 0 fully saturated rings. The van der Waals surface area contributed by atoms with Gasteiger partial charge in [0.2, 0.25) is 0 Å². The van der Waals surface area contributed by atoms with Crippen molar-refractivity contribution in [2.24, 2.45) is 0 Å². The maximum atomic E-state index is 9.86. The average Bonchev–Trinajstić information content (AvgIpc) is 2.14. The van der Waals surface area contributed by atoms with E-state index in [2.05, 4.69) is 5.32 Å². The maximum absolute atomic E-state index is 9.86. The van der Waals surface area contributed by atoms with Crippen LogP contribution in [0.2, 0.25) is 0 Å². The van der Waals surface area contributed by atoms with Gasteiger partial charge in [-0.25, -0.2) is 0 Å². The third-order valence-electron chi connectivity index (χ3n) is 0.697. The highest BCUT2D eigenvalue weighted by Gasteiger charge is 1.98. The number of aldehydes is 1. The lowest BCUT2D eigenvalue weighted by molar-refractivity contribution is -0.105. The van der Waals surface area contributed by atoms with Gasteiger partial charge in [-0.15, -0.1) is 11.8 Å². The average molecular weight is 115 g/mol. The van der Waals surface area contributed by atoms with Crippen molar-refractivity contribution < 1.29 is 4.79 Å². The highest BCUT2D eigenvalue weighted by atomic mass is 32.2. The van der Waals surface area contributed by atoms with Crippen molar-refractivity contribution in [2.45, 2.75) is 0 Å². The summed E-state index contributed by atoms with van der Waals surface area (Å²) in [5.74, 6) is 0.841. The van der Waals surface area contributed by atoms with E-state index in [4.69, 9.17) is 0 Å². The van der Waals surface area contributed by atoms with Crippen molar-refractivity contribution in [1.82, 2.24) is 5.32 Å². The lowest BCUT2D eigenvalue weighted by Gasteiger charge is -1.86. The van der Waals surface area contributed by atoms with Crippen molar-refractivity contribution in [1.29, 1.82) is 0 Å². The summed E-state index contributed by atoms with van der Waals surface area (Å²) in [7, 11) is 0. The summed E-state index contributed by atoms with van der Waals surface area (Å²) in [4.78, 5) is 9.86. The van der Waals surface area contributed by atoms with E-state index in [1.165, 1.54) is 0 Å². The van der Waals surface area contributed by atoms with Gasteiger partial charge in [-0.2, -0.15) is 0 Å². The van der Waals surface area contributed by atoms with E-state index in [-0.39, 0.29) is 0 Å². The van der Waals surface area contributed by atoms with Crippen LogP contribution in [0.5, 0.6) is 0 Å². The van der Waals surface area contributed by atoms with Gasteiger partial charge in [-0.3, -0.25) is 4.79 Å². The molecule has 0 radical (unpaired) electrons. The molecule has 2 nitrogen and oxygen atoms in total. The Kier molecular flexibility index (Phi) is 1.36. The van der Waals surface area contributed by atoms with Gasteiger partial charge in [0.15, 0.2) is 6.29 Å². The van der Waals surface area contributed by atoms with E-state index in [9.17, 15) is 4.79 Å². The molecule has 0 aromatic carbocycles. The zero-order chi connectivity index (χ0) is 5.11. The fourth-order valence-corrected chi connectivity index (χ4v) is 1.02. The number of rotatable bonds is 1. The first kappa shape index (κ1) is 4.71. The number of thioether (sulfide) groups is 1. The molecule has 1 N–H and O–H groups in total. The molecule has 1 rings (SSSR count). The molecule has 3 heteroatoms. The van der Waals surface area contributed by atoms with Crippen LogP contribution in [-0.4, -0.2) is 12.2 Å². The van der Waals surface area contributed by atoms with Crippen LogP contribution in [0.25, 0.3) is 0 Å². The highest BCUT2D eigenvalue weighted by Crippen LogP contribution is 2.08. The summed E-state index contributed by atoms with van der Waals surface area (Å²) in [5, 5.41) is 4.67. The van der Waals surface area contributed by atoms with E-state index < -0.39 is 0 Å². The first-order chi connectivity index (χ1) is 3.43. The number of nitrogens with one attached hydrogen (secondary N) is 1. The summed E-state index contributed by atoms with van der Waals surface area (Å²) in [6.07, 6.45) is 0.819. The molecular weight excluding hydrogens is 110 g/mol. The minimum atomic E-state index is 0.699. The topological polar surface area (TPSA) is 29.1 Å². The molecule has 0 unspecified atom stereocenters. The Hall–Kier alpha value is -0.440. The summed E-state index contributed by atoms with van der Waals surface area (Å²) in [5.41, 5.74) is 0.699. The predicted octanol–water partition coefficient (Wildman–Crippen LogP) is 0.321. The van der Waals surface area contributed by atoms with Gasteiger partial charge in [0.05, 0.1) is 11.6 Å². The van der Waals surface area contributed by atoms with E-state index >= 15 is 0 Å². The van der Waals surface area contributed by atoms with Crippen molar-refractivity contribution in [3.05, 3.63) is 11.1 Å². The zero-order valence-corrected chi connectivity index (χ0v) is 4.49. The SMILES string of the molecule is O=CC1=CSCN1. The number of allylic oxidation sites excluding steroid dienone is 1. The minimum absolute atomic E-state index is 0.699. The fraction of sp³-hybridized carbons (Fsp3) is 0.250. The minimum Gasteiger partial charge on any atom is -0.373 e. The first-order valence-corrected chi connectivity index (χ1v) is 2.99. The van der Waals surface area contributed by atoms with E-state index in [0.29, 0.717) is 5.70 Å². The lowest BCUT2D eigenvalue weighted by atomic mass is 10.6. The van der Waals surface area contributed by atoms with E-state index in [1.807, 2.05) is 5.41 Å². The quantitative estimate of drug-likeness (QED) is 0.499. The Balaban J connectivity index is 2.51. The van der Waals surface area contributed by atoms with E-state index in [1.54, 1.807) is 11.8 Å². The van der Waals surface area contributed by atoms with Crippen LogP contribution in [0.15, 0.2) is 11.1 Å². The molecule has 1 aliphatic rings. The maximum Gasteiger partial charge on any atom is 0.166 e. The van der Waals surface area contributed by atoms with Gasteiger partial charge in [0.25, 0.3) is 0 Å². The summed E-state index contributed by atoms with van der Waals surface area (Å²) >= 11 is 1.60. The molecule has 0 saturated carbocycles. The van der Waals surface area contributed by atoms with Gasteiger partial charge in [-0.1, -0.05) is 0 Å². The van der Waals surface area contributed by atoms with E-state index in [0.717, 1.165) is 12.2 Å². The summed E-state index contributed by atoms with van der Waals surface area (Å²) in [6, 6.07) is 0. The Morgan fingerprint density at radius 2 is 2.86 bits per heavy atom. The summed E-state index contributed by atoms with van der Waals surface area (Å²) < 4.78 is 0. The second-order valence-corrected chi connectivity index (χ2v) is 2.04. The molecule has 0 spiro atoms. The number of hydrogen-bond acceptors (Lipinski definition) is 3. The van der Waals surface area contributed by atoms with Crippen LogP contribution < -0.4 is 5.32 Å². The third kappa shape index (κ3) is 0.962. The van der Waals surface area contributed by atoms with Crippen molar-refractivity contribution in [2.75, 3.05) is 5.88 Å². The van der Waals surface area contributed by atoms with Crippen LogP contribution in [0.1, 0.15) is 0 Å². The molecule has 0 aliphatic carbocycles. The number of hydrogen-bond donors (Lipinski definition) is 1. The molecule has 7 heavy (non-hydrogen) atoms. The second-order valence-electron chi connectivity index (χ2n) is 1.18. The number of carbonyl (C=O) groups is 1. The Bertz CT molecular complexity index is 110. The smallest absolute Gasteiger partial charge is 0.166 e. The Labute approximate surface area is 46.0 Å². The van der Waals surface area contributed by atoms with Crippen molar-refractivity contribution >= 4 is 18.0 Å².